The van der Waals surface area contributed by atoms with Crippen molar-refractivity contribution in [2.75, 3.05) is 25.2 Å². The molecule has 1 heterocycles. The first kappa shape index (κ1) is 38.2. The minimum atomic E-state index is -2.59. The monoisotopic (exact) mass is 728 g/mol. The SMILES string of the molecule is COc1ccc2c(c1)CC[C@@H](NC(=O)CC(C)(C)NC[C@H](O)CO)C(=O)N2Cc1ccc(C2=CC=CC(=S(=O)=O)C2NC(=O)c2ccccc2)cc1. The zero-order valence-corrected chi connectivity index (χ0v) is 30.2. The zero-order valence-electron chi connectivity index (χ0n) is 29.3. The van der Waals surface area contributed by atoms with E-state index in [-0.39, 0.29) is 36.2 Å². The lowest BCUT2D eigenvalue weighted by atomic mass is 9.91. The lowest BCUT2D eigenvalue weighted by Gasteiger charge is -2.29. The van der Waals surface area contributed by atoms with Crippen molar-refractivity contribution in [2.24, 2.45) is 0 Å². The molecule has 0 aromatic heterocycles. The molecular formula is C39H44N4O8S. The zero-order chi connectivity index (χ0) is 37.4. The van der Waals surface area contributed by atoms with Crippen molar-refractivity contribution in [3.63, 3.8) is 0 Å². The third kappa shape index (κ3) is 9.42. The molecule has 0 saturated heterocycles. The fourth-order valence-electron chi connectivity index (χ4n) is 6.29. The van der Waals surface area contributed by atoms with Crippen molar-refractivity contribution in [1.82, 2.24) is 16.0 Å². The highest BCUT2D eigenvalue weighted by Crippen LogP contribution is 2.32. The van der Waals surface area contributed by atoms with Crippen molar-refractivity contribution in [1.29, 1.82) is 0 Å². The number of aryl methyl sites for hydroxylation is 1. The number of carbonyl (C=O) groups excluding carboxylic acids is 3. The van der Waals surface area contributed by atoms with Crippen LogP contribution in [0.3, 0.4) is 0 Å². The lowest BCUT2D eigenvalue weighted by Crippen LogP contribution is -2.51. The molecule has 0 saturated carbocycles. The number of allylic oxidation sites excluding steroid dienone is 2. The quantitative estimate of drug-likeness (QED) is 0.166. The summed E-state index contributed by atoms with van der Waals surface area (Å²) in [6, 6.07) is 19.7. The van der Waals surface area contributed by atoms with Crippen molar-refractivity contribution in [3.8, 4) is 5.75 Å². The van der Waals surface area contributed by atoms with E-state index in [2.05, 4.69) is 16.0 Å². The van der Waals surface area contributed by atoms with Gasteiger partial charge in [0.1, 0.15) is 11.8 Å². The van der Waals surface area contributed by atoms with Gasteiger partial charge < -0.3 is 35.8 Å². The number of nitrogens with zero attached hydrogens (tertiary/aromatic N) is 1. The average Bonchev–Trinajstić information content (AvgIpc) is 3.26. The van der Waals surface area contributed by atoms with E-state index in [0.29, 0.717) is 41.0 Å². The van der Waals surface area contributed by atoms with Gasteiger partial charge in [0.2, 0.25) is 22.1 Å². The fraction of sp³-hybridized carbons (Fsp3) is 0.333. The van der Waals surface area contributed by atoms with Crippen molar-refractivity contribution in [3.05, 3.63) is 113 Å². The molecule has 5 N–H and O–H groups in total. The van der Waals surface area contributed by atoms with E-state index in [1.807, 2.05) is 50.2 Å². The van der Waals surface area contributed by atoms with Gasteiger partial charge in [-0.1, -0.05) is 54.6 Å². The van der Waals surface area contributed by atoms with Crippen LogP contribution in [-0.2, 0) is 32.8 Å². The Morgan fingerprint density at radius 1 is 1.04 bits per heavy atom. The van der Waals surface area contributed by atoms with E-state index < -0.39 is 46.5 Å². The molecule has 274 valence electrons. The molecule has 12 nitrogen and oxygen atoms in total. The van der Waals surface area contributed by atoms with Crippen LogP contribution in [0.2, 0.25) is 0 Å². The number of β-amino-alcohol motifs (C(OH)–C–C–N with tert-alkyl or cyclic N) is 1. The van der Waals surface area contributed by atoms with Crippen LogP contribution in [0.15, 0.2) is 91.0 Å². The Balaban J connectivity index is 1.37. The molecule has 0 spiro atoms. The number of nitrogens with one attached hydrogen (secondary N) is 3. The molecule has 3 atom stereocenters. The summed E-state index contributed by atoms with van der Waals surface area (Å²) in [4.78, 5) is 42.2. The van der Waals surface area contributed by atoms with E-state index in [1.165, 1.54) is 6.08 Å². The van der Waals surface area contributed by atoms with E-state index in [9.17, 15) is 27.9 Å². The predicted molar refractivity (Wildman–Crippen MR) is 199 cm³/mol. The maximum Gasteiger partial charge on any atom is 0.252 e. The van der Waals surface area contributed by atoms with Gasteiger partial charge >= 0.3 is 0 Å². The number of hydrogen-bond acceptors (Lipinski definition) is 9. The van der Waals surface area contributed by atoms with Gasteiger partial charge in [-0.15, -0.1) is 0 Å². The Labute approximate surface area is 304 Å². The summed E-state index contributed by atoms with van der Waals surface area (Å²) in [6.07, 6.45) is 4.82. The first-order valence-corrected chi connectivity index (χ1v) is 18.1. The van der Waals surface area contributed by atoms with Gasteiger partial charge in [-0.3, -0.25) is 14.4 Å². The number of benzene rings is 3. The lowest BCUT2D eigenvalue weighted by molar-refractivity contribution is -0.128. The van der Waals surface area contributed by atoms with Gasteiger partial charge in [0.25, 0.3) is 5.91 Å². The predicted octanol–water partition coefficient (Wildman–Crippen LogP) is 2.57. The van der Waals surface area contributed by atoms with Gasteiger partial charge in [-0.2, -0.15) is 8.42 Å². The average molecular weight is 729 g/mol. The first-order chi connectivity index (χ1) is 24.9. The molecule has 52 heavy (non-hydrogen) atoms. The van der Waals surface area contributed by atoms with Crippen LogP contribution in [0.1, 0.15) is 53.7 Å². The third-order valence-electron chi connectivity index (χ3n) is 9.07. The molecule has 5 rings (SSSR count). The van der Waals surface area contributed by atoms with Crippen LogP contribution < -0.4 is 25.6 Å². The van der Waals surface area contributed by atoms with Crippen LogP contribution in [0.5, 0.6) is 5.75 Å². The van der Waals surface area contributed by atoms with Gasteiger partial charge in [0.15, 0.2) is 0 Å². The number of rotatable bonds is 13. The Bertz CT molecular complexity index is 1980. The van der Waals surface area contributed by atoms with Crippen molar-refractivity contribution >= 4 is 44.1 Å². The van der Waals surface area contributed by atoms with Gasteiger partial charge in [0.05, 0.1) is 37.3 Å². The normalized spacial score (nSPS) is 17.8. The van der Waals surface area contributed by atoms with Crippen molar-refractivity contribution in [2.45, 2.75) is 63.4 Å². The number of carbonyl (C=O) groups is 3. The molecule has 3 aromatic rings. The topological polar surface area (TPSA) is 174 Å². The van der Waals surface area contributed by atoms with E-state index in [0.717, 1.165) is 11.1 Å². The molecule has 0 fully saturated rings. The molecule has 0 radical (unpaired) electrons. The van der Waals surface area contributed by atoms with E-state index in [4.69, 9.17) is 9.84 Å². The maximum absolute atomic E-state index is 14.2. The highest BCUT2D eigenvalue weighted by Gasteiger charge is 2.33. The Morgan fingerprint density at radius 2 is 1.77 bits per heavy atom. The molecule has 1 aliphatic carbocycles. The second kappa shape index (κ2) is 17.0. The second-order valence-corrected chi connectivity index (χ2v) is 14.4. The maximum atomic E-state index is 14.2. The third-order valence-corrected chi connectivity index (χ3v) is 9.83. The summed E-state index contributed by atoms with van der Waals surface area (Å²) in [6.45, 7) is 3.51. The van der Waals surface area contributed by atoms with Crippen LogP contribution in [-0.4, -0.2) is 85.2 Å². The number of aliphatic hydroxyl groups is 2. The smallest absolute Gasteiger partial charge is 0.252 e. The van der Waals surface area contributed by atoms with Gasteiger partial charge in [-0.05, 0) is 85.4 Å². The molecule has 3 aromatic carbocycles. The second-order valence-electron chi connectivity index (χ2n) is 13.4. The number of anilines is 1. The van der Waals surface area contributed by atoms with Crippen LogP contribution >= 0.6 is 0 Å². The fourth-order valence-corrected chi connectivity index (χ4v) is 6.86. The van der Waals surface area contributed by atoms with Crippen molar-refractivity contribution < 1.29 is 37.8 Å². The van der Waals surface area contributed by atoms with Gasteiger partial charge in [0, 0.05) is 29.8 Å². The summed E-state index contributed by atoms with van der Waals surface area (Å²) >= 11 is 0. The van der Waals surface area contributed by atoms with E-state index >= 15 is 0 Å². The number of hydrogen-bond donors (Lipinski definition) is 5. The number of ether oxygens (including phenoxy) is 1. The van der Waals surface area contributed by atoms with E-state index in [1.54, 1.807) is 60.6 Å². The number of fused-ring (bicyclic) bond motifs is 1. The molecule has 3 amide bonds. The summed E-state index contributed by atoms with van der Waals surface area (Å²) in [7, 11) is -1.01. The summed E-state index contributed by atoms with van der Waals surface area (Å²) in [5.41, 5.74) is 3.35. The van der Waals surface area contributed by atoms with Gasteiger partial charge in [-0.25, -0.2) is 0 Å². The first-order valence-electron chi connectivity index (χ1n) is 17.0. The highest BCUT2D eigenvalue weighted by atomic mass is 32.2. The molecule has 1 unspecified atom stereocenters. The Kier molecular flexibility index (Phi) is 12.4. The molecule has 2 aliphatic rings. The molecular weight excluding hydrogens is 685 g/mol. The molecule has 1 aliphatic heterocycles. The number of methoxy groups -OCH3 is 1. The number of amides is 3. The minimum Gasteiger partial charge on any atom is -0.497 e. The summed E-state index contributed by atoms with van der Waals surface area (Å²) in [5, 5.41) is 27.8. The summed E-state index contributed by atoms with van der Waals surface area (Å²) in [5.74, 6) is -0.372. The molecule has 13 heteroatoms. The number of aliphatic hydroxyl groups excluding tert-OH is 2. The largest absolute Gasteiger partial charge is 0.497 e. The standard InChI is InChI=1S/C39H44N4O8S/c1-39(2,40-22-29(45)24-44)21-35(46)41-32-18-16-28-20-30(51-3)17-19-33(28)43(38(32)48)23-25-12-14-26(15-13-25)31-10-7-11-34(52(49)50)36(31)42-37(47)27-8-5-4-6-9-27/h4-15,17,19-20,29,32,36,40,44-45H,16,18,21-24H2,1-3H3,(H,41,46)(H,42,47)/t29-,32+,36?/m0/s1. The van der Waals surface area contributed by atoms with Crippen LogP contribution in [0, 0.1) is 0 Å². The Hall–Kier alpha value is -5.08. The summed E-state index contributed by atoms with van der Waals surface area (Å²) < 4.78 is 29.9. The van der Waals surface area contributed by atoms with Crippen LogP contribution in [0.25, 0.3) is 5.57 Å². The molecule has 0 bridgehead atoms. The van der Waals surface area contributed by atoms with Crippen LogP contribution in [0.4, 0.5) is 5.69 Å². The Morgan fingerprint density at radius 3 is 2.44 bits per heavy atom. The highest BCUT2D eigenvalue weighted by molar-refractivity contribution is 7.73. The minimum absolute atomic E-state index is 0.0306.